The van der Waals surface area contributed by atoms with Gasteiger partial charge in [-0.3, -0.25) is 4.99 Å². The Bertz CT molecular complexity index is 860. The molecule has 0 spiro atoms. The predicted molar refractivity (Wildman–Crippen MR) is 117 cm³/mol. The smallest absolute Gasteiger partial charge is 0.193 e. The number of benzene rings is 2. The number of para-hydroxylation sites is 2. The molecule has 0 amide bonds. The van der Waals surface area contributed by atoms with Crippen LogP contribution < -0.4 is 19.7 Å². The maximum Gasteiger partial charge on any atom is 0.193 e. The lowest BCUT2D eigenvalue weighted by Gasteiger charge is -2.38. The lowest BCUT2D eigenvalue weighted by molar-refractivity contribution is 0.357. The Morgan fingerprint density at radius 1 is 1.14 bits per heavy atom. The predicted octanol–water partition coefficient (Wildman–Crippen LogP) is 2.57. The third-order valence-electron chi connectivity index (χ3n) is 5.67. The zero-order valence-corrected chi connectivity index (χ0v) is 17.4. The average molecular weight is 395 g/mol. The van der Waals surface area contributed by atoms with Crippen molar-refractivity contribution in [2.45, 2.75) is 12.8 Å². The van der Waals surface area contributed by atoms with E-state index >= 15 is 0 Å². The lowest BCUT2D eigenvalue weighted by atomic mass is 10.1. The molecule has 1 saturated heterocycles. The lowest BCUT2D eigenvalue weighted by Crippen LogP contribution is -2.52. The maximum atomic E-state index is 5.59. The van der Waals surface area contributed by atoms with Crippen LogP contribution in [0.4, 0.5) is 5.69 Å². The van der Waals surface area contributed by atoms with Gasteiger partial charge in [0.2, 0.25) is 0 Å². The number of ether oxygens (including phenoxy) is 2. The van der Waals surface area contributed by atoms with Crippen molar-refractivity contribution in [2.24, 2.45) is 4.99 Å². The van der Waals surface area contributed by atoms with Gasteiger partial charge in [-0.15, -0.1) is 0 Å². The van der Waals surface area contributed by atoms with Crippen molar-refractivity contribution in [3.8, 4) is 11.5 Å². The summed E-state index contributed by atoms with van der Waals surface area (Å²) >= 11 is 0. The molecule has 1 N–H and O–H groups in total. The summed E-state index contributed by atoms with van der Waals surface area (Å²) in [5, 5.41) is 3.53. The number of piperazine rings is 1. The molecule has 154 valence electrons. The van der Waals surface area contributed by atoms with Crippen LogP contribution in [-0.4, -0.2) is 64.3 Å². The van der Waals surface area contributed by atoms with E-state index in [1.54, 1.807) is 7.11 Å². The van der Waals surface area contributed by atoms with Gasteiger partial charge in [-0.2, -0.15) is 0 Å². The molecule has 6 heteroatoms. The Morgan fingerprint density at radius 3 is 2.76 bits per heavy atom. The first kappa shape index (κ1) is 19.4. The SMILES string of the molecule is CN=C(NCCc1ccc2c(c1)CCO2)N1CCN(c2ccccc2OC)CC1. The minimum absolute atomic E-state index is 0.810. The van der Waals surface area contributed by atoms with Crippen molar-refractivity contribution >= 4 is 11.6 Å². The van der Waals surface area contributed by atoms with Crippen molar-refractivity contribution in [3.63, 3.8) is 0 Å². The number of rotatable bonds is 5. The van der Waals surface area contributed by atoms with Gasteiger partial charge in [0.1, 0.15) is 11.5 Å². The van der Waals surface area contributed by atoms with E-state index < -0.39 is 0 Å². The van der Waals surface area contributed by atoms with Gasteiger partial charge in [0.25, 0.3) is 0 Å². The highest BCUT2D eigenvalue weighted by Gasteiger charge is 2.21. The highest BCUT2D eigenvalue weighted by molar-refractivity contribution is 5.80. The molecule has 2 aromatic rings. The summed E-state index contributed by atoms with van der Waals surface area (Å²) in [5.41, 5.74) is 3.84. The molecule has 0 unspecified atom stereocenters. The van der Waals surface area contributed by atoms with Crippen molar-refractivity contribution in [1.29, 1.82) is 0 Å². The molecule has 0 aliphatic carbocycles. The Hall–Kier alpha value is -2.89. The number of nitrogens with one attached hydrogen (secondary N) is 1. The van der Waals surface area contributed by atoms with E-state index in [-0.39, 0.29) is 0 Å². The van der Waals surface area contributed by atoms with Gasteiger partial charge in [-0.05, 0) is 35.7 Å². The molecule has 2 aliphatic heterocycles. The summed E-state index contributed by atoms with van der Waals surface area (Å²) in [4.78, 5) is 9.22. The summed E-state index contributed by atoms with van der Waals surface area (Å²) in [6.07, 6.45) is 2.00. The van der Waals surface area contributed by atoms with Crippen LogP contribution in [0.3, 0.4) is 0 Å². The molecule has 2 aliphatic rings. The first-order valence-corrected chi connectivity index (χ1v) is 10.4. The van der Waals surface area contributed by atoms with Crippen LogP contribution in [0, 0.1) is 0 Å². The monoisotopic (exact) mass is 394 g/mol. The zero-order valence-electron chi connectivity index (χ0n) is 17.4. The van der Waals surface area contributed by atoms with E-state index in [0.717, 1.165) is 75.3 Å². The molecule has 1 fully saturated rings. The molecule has 2 aromatic carbocycles. The number of hydrogen-bond acceptors (Lipinski definition) is 4. The fourth-order valence-electron chi connectivity index (χ4n) is 4.10. The van der Waals surface area contributed by atoms with E-state index in [0.29, 0.717) is 0 Å². The van der Waals surface area contributed by atoms with Crippen LogP contribution >= 0.6 is 0 Å². The van der Waals surface area contributed by atoms with Gasteiger partial charge in [0.15, 0.2) is 5.96 Å². The van der Waals surface area contributed by atoms with Crippen molar-refractivity contribution in [2.75, 3.05) is 58.4 Å². The summed E-state index contributed by atoms with van der Waals surface area (Å²) in [6.45, 7) is 5.46. The Morgan fingerprint density at radius 2 is 1.97 bits per heavy atom. The number of anilines is 1. The molecule has 0 atom stereocenters. The fourth-order valence-corrected chi connectivity index (χ4v) is 4.10. The molecular formula is C23H30N4O2. The molecule has 2 heterocycles. The van der Waals surface area contributed by atoms with Gasteiger partial charge in [-0.1, -0.05) is 24.3 Å². The first-order valence-electron chi connectivity index (χ1n) is 10.4. The molecule has 6 nitrogen and oxygen atoms in total. The Labute approximate surface area is 173 Å². The molecular weight excluding hydrogens is 364 g/mol. The van der Waals surface area contributed by atoms with Gasteiger partial charge in [0, 0.05) is 46.2 Å². The van der Waals surface area contributed by atoms with Gasteiger partial charge in [-0.25, -0.2) is 0 Å². The minimum Gasteiger partial charge on any atom is -0.495 e. The van der Waals surface area contributed by atoms with Crippen LogP contribution in [0.25, 0.3) is 0 Å². The number of hydrogen-bond donors (Lipinski definition) is 1. The number of aliphatic imine (C=N–C) groups is 1. The summed E-state index contributed by atoms with van der Waals surface area (Å²) < 4.78 is 11.1. The second-order valence-corrected chi connectivity index (χ2v) is 7.41. The number of fused-ring (bicyclic) bond motifs is 1. The van der Waals surface area contributed by atoms with Crippen molar-refractivity contribution in [1.82, 2.24) is 10.2 Å². The van der Waals surface area contributed by atoms with E-state index in [1.807, 2.05) is 19.2 Å². The van der Waals surface area contributed by atoms with Crippen LogP contribution in [0.1, 0.15) is 11.1 Å². The highest BCUT2D eigenvalue weighted by Crippen LogP contribution is 2.28. The van der Waals surface area contributed by atoms with Gasteiger partial charge >= 0.3 is 0 Å². The quantitative estimate of drug-likeness (QED) is 0.624. The summed E-state index contributed by atoms with van der Waals surface area (Å²) in [6, 6.07) is 14.8. The van der Waals surface area contributed by atoms with Gasteiger partial charge in [0.05, 0.1) is 19.4 Å². The fraction of sp³-hybridized carbons (Fsp3) is 0.435. The minimum atomic E-state index is 0.810. The van der Waals surface area contributed by atoms with Crippen LogP contribution in [0.15, 0.2) is 47.5 Å². The third-order valence-corrected chi connectivity index (χ3v) is 5.67. The number of nitrogens with zero attached hydrogens (tertiary/aromatic N) is 3. The summed E-state index contributed by atoms with van der Waals surface area (Å²) in [5.74, 6) is 2.96. The second-order valence-electron chi connectivity index (χ2n) is 7.41. The number of guanidine groups is 1. The molecule has 0 aromatic heterocycles. The highest BCUT2D eigenvalue weighted by atomic mass is 16.5. The average Bonchev–Trinajstić information content (AvgIpc) is 3.25. The van der Waals surface area contributed by atoms with Crippen molar-refractivity contribution < 1.29 is 9.47 Å². The Kier molecular flexibility index (Phi) is 6.08. The van der Waals surface area contributed by atoms with E-state index in [1.165, 1.54) is 11.1 Å². The topological polar surface area (TPSA) is 49.3 Å². The number of methoxy groups -OCH3 is 1. The third kappa shape index (κ3) is 4.42. The maximum absolute atomic E-state index is 5.59. The largest absolute Gasteiger partial charge is 0.495 e. The van der Waals surface area contributed by atoms with Crippen LogP contribution in [0.2, 0.25) is 0 Å². The van der Waals surface area contributed by atoms with E-state index in [4.69, 9.17) is 9.47 Å². The molecule has 0 radical (unpaired) electrons. The molecule has 4 rings (SSSR count). The van der Waals surface area contributed by atoms with E-state index in [2.05, 4.69) is 50.4 Å². The van der Waals surface area contributed by atoms with Crippen LogP contribution in [0.5, 0.6) is 11.5 Å². The zero-order chi connectivity index (χ0) is 20.1. The standard InChI is InChI=1S/C23H30N4O2/c1-24-23(25-11-9-18-7-8-21-19(17-18)10-16-29-21)27-14-12-26(13-15-27)20-5-3-4-6-22(20)28-2/h3-8,17H,9-16H2,1-2H3,(H,24,25). The normalized spacial score (nSPS) is 16.4. The molecule has 0 bridgehead atoms. The van der Waals surface area contributed by atoms with E-state index in [9.17, 15) is 0 Å². The Balaban J connectivity index is 1.28. The van der Waals surface area contributed by atoms with Gasteiger partial charge < -0.3 is 24.6 Å². The van der Waals surface area contributed by atoms with Crippen molar-refractivity contribution in [3.05, 3.63) is 53.6 Å². The molecule has 0 saturated carbocycles. The van der Waals surface area contributed by atoms with Crippen LogP contribution in [-0.2, 0) is 12.8 Å². The second kappa shape index (κ2) is 9.07. The summed E-state index contributed by atoms with van der Waals surface area (Å²) in [7, 11) is 3.59. The first-order chi connectivity index (χ1) is 14.3. The molecule has 29 heavy (non-hydrogen) atoms.